The first-order valence-corrected chi connectivity index (χ1v) is 7.31. The van der Waals surface area contributed by atoms with Crippen molar-refractivity contribution in [2.45, 2.75) is 31.1 Å². The van der Waals surface area contributed by atoms with Gasteiger partial charge in [0, 0.05) is 18.4 Å². The van der Waals surface area contributed by atoms with E-state index >= 15 is 0 Å². The van der Waals surface area contributed by atoms with Crippen LogP contribution in [-0.2, 0) is 14.8 Å². The molecule has 1 saturated heterocycles. The van der Waals surface area contributed by atoms with Crippen LogP contribution in [0.5, 0.6) is 0 Å². The Morgan fingerprint density at radius 3 is 2.89 bits per heavy atom. The van der Waals surface area contributed by atoms with Gasteiger partial charge in [-0.3, -0.25) is 4.79 Å². The summed E-state index contributed by atoms with van der Waals surface area (Å²) in [5.74, 6) is -1.31. The minimum atomic E-state index is -3.80. The Kier molecular flexibility index (Phi) is 3.45. The topological polar surface area (TPSA) is 90.5 Å². The summed E-state index contributed by atoms with van der Waals surface area (Å²) in [5, 5.41) is 7.47. The highest BCUT2D eigenvalue weighted by atomic mass is 32.2. The molecule has 2 N–H and O–H groups in total. The molecule has 0 radical (unpaired) electrons. The summed E-state index contributed by atoms with van der Waals surface area (Å²) in [6.07, 6.45) is 3.19. The van der Waals surface area contributed by atoms with Crippen molar-refractivity contribution < 1.29 is 18.3 Å². The predicted octanol–water partition coefficient (Wildman–Crippen LogP) is 0.954. The molecular formula is C11H16N2O4S. The average molecular weight is 272 g/mol. The van der Waals surface area contributed by atoms with E-state index in [1.807, 2.05) is 6.07 Å². The molecule has 100 valence electrons. The summed E-state index contributed by atoms with van der Waals surface area (Å²) in [6, 6.07) is 3.36. The van der Waals surface area contributed by atoms with E-state index in [0.717, 1.165) is 12.1 Å². The zero-order chi connectivity index (χ0) is 13.3. The van der Waals surface area contributed by atoms with E-state index in [9.17, 15) is 13.2 Å². The number of carboxylic acids is 1. The Bertz CT molecular complexity index is 523. The number of hydrogen-bond acceptors (Lipinski definition) is 3. The van der Waals surface area contributed by atoms with Crippen molar-refractivity contribution in [3.05, 3.63) is 24.0 Å². The number of H-pyrrole nitrogens is 1. The third kappa shape index (κ3) is 2.15. The molecule has 0 saturated carbocycles. The van der Waals surface area contributed by atoms with Gasteiger partial charge in [-0.2, -0.15) is 4.31 Å². The second-order valence-electron chi connectivity index (χ2n) is 4.42. The van der Waals surface area contributed by atoms with Gasteiger partial charge in [0.05, 0.1) is 6.04 Å². The van der Waals surface area contributed by atoms with Crippen molar-refractivity contribution in [3.8, 4) is 0 Å². The molecule has 1 aliphatic heterocycles. The Morgan fingerprint density at radius 1 is 1.61 bits per heavy atom. The first-order valence-electron chi connectivity index (χ1n) is 5.81. The Balaban J connectivity index is 2.30. The maximum Gasteiger partial charge on any atom is 0.323 e. The molecular weight excluding hydrogens is 256 g/mol. The van der Waals surface area contributed by atoms with Gasteiger partial charge in [0.2, 0.25) is 10.0 Å². The minimum absolute atomic E-state index is 0.271. The quantitative estimate of drug-likeness (QED) is 0.854. The van der Waals surface area contributed by atoms with Crippen LogP contribution in [0, 0.1) is 0 Å². The number of hydrogen-bond donors (Lipinski definition) is 2. The summed E-state index contributed by atoms with van der Waals surface area (Å²) in [7, 11) is -3.80. The largest absolute Gasteiger partial charge is 0.480 e. The molecule has 0 spiro atoms. The van der Waals surface area contributed by atoms with Crippen molar-refractivity contribution in [2.24, 2.45) is 0 Å². The fourth-order valence-electron chi connectivity index (χ4n) is 2.24. The molecule has 18 heavy (non-hydrogen) atoms. The number of aromatic nitrogens is 1. The van der Waals surface area contributed by atoms with Gasteiger partial charge in [0.1, 0.15) is 0 Å². The number of sulfonamides is 1. The SMILES string of the molecule is CC(C(=O)O)S(=O)(=O)N1CCCC1c1ccc[nH]1. The average Bonchev–Trinajstić information content (AvgIpc) is 2.97. The monoisotopic (exact) mass is 272 g/mol. The maximum atomic E-state index is 12.2. The fraction of sp³-hybridized carbons (Fsp3) is 0.545. The highest BCUT2D eigenvalue weighted by Crippen LogP contribution is 2.34. The first kappa shape index (κ1) is 13.1. The lowest BCUT2D eigenvalue weighted by molar-refractivity contribution is -0.136. The second-order valence-corrected chi connectivity index (χ2v) is 6.63. The first-order chi connectivity index (χ1) is 8.44. The van der Waals surface area contributed by atoms with Crippen molar-refractivity contribution in [3.63, 3.8) is 0 Å². The Hall–Kier alpha value is -1.34. The molecule has 0 aromatic carbocycles. The summed E-state index contributed by atoms with van der Waals surface area (Å²) in [5.41, 5.74) is 0.814. The molecule has 2 atom stereocenters. The van der Waals surface area contributed by atoms with Crippen LogP contribution in [-0.4, -0.2) is 40.6 Å². The minimum Gasteiger partial charge on any atom is -0.480 e. The Morgan fingerprint density at radius 2 is 2.33 bits per heavy atom. The molecule has 1 fully saturated rings. The summed E-state index contributed by atoms with van der Waals surface area (Å²) < 4.78 is 25.7. The third-order valence-electron chi connectivity index (χ3n) is 3.31. The van der Waals surface area contributed by atoms with Gasteiger partial charge < -0.3 is 10.1 Å². The van der Waals surface area contributed by atoms with E-state index in [1.165, 1.54) is 11.2 Å². The van der Waals surface area contributed by atoms with E-state index in [4.69, 9.17) is 5.11 Å². The maximum absolute atomic E-state index is 12.2. The van der Waals surface area contributed by atoms with E-state index in [-0.39, 0.29) is 6.04 Å². The van der Waals surface area contributed by atoms with E-state index in [0.29, 0.717) is 13.0 Å². The zero-order valence-corrected chi connectivity index (χ0v) is 10.9. The lowest BCUT2D eigenvalue weighted by Gasteiger charge is -2.25. The molecule has 2 unspecified atom stereocenters. The lowest BCUT2D eigenvalue weighted by atomic mass is 10.2. The van der Waals surface area contributed by atoms with Gasteiger partial charge in [-0.15, -0.1) is 0 Å². The number of aliphatic carboxylic acids is 1. The molecule has 0 bridgehead atoms. The normalized spacial score (nSPS) is 23.1. The standard InChI is InChI=1S/C11H16N2O4S/c1-8(11(14)15)18(16,17)13-7-3-5-10(13)9-4-2-6-12-9/h2,4,6,8,10,12H,3,5,7H2,1H3,(H,14,15). The van der Waals surface area contributed by atoms with Crippen LogP contribution in [0.4, 0.5) is 0 Å². The number of carboxylic acid groups (broad SMARTS) is 1. The molecule has 2 heterocycles. The van der Waals surface area contributed by atoms with Crippen LogP contribution < -0.4 is 0 Å². The number of nitrogens with one attached hydrogen (secondary N) is 1. The number of carbonyl (C=O) groups is 1. The van der Waals surface area contributed by atoms with Gasteiger partial charge in [-0.25, -0.2) is 8.42 Å². The second kappa shape index (κ2) is 4.74. The molecule has 7 heteroatoms. The van der Waals surface area contributed by atoms with Crippen molar-refractivity contribution in [1.29, 1.82) is 0 Å². The van der Waals surface area contributed by atoms with Crippen molar-refractivity contribution in [2.75, 3.05) is 6.54 Å². The summed E-state index contributed by atoms with van der Waals surface area (Å²) >= 11 is 0. The fourth-order valence-corrected chi connectivity index (χ4v) is 3.86. The van der Waals surface area contributed by atoms with Gasteiger partial charge >= 0.3 is 5.97 Å². The summed E-state index contributed by atoms with van der Waals surface area (Å²) in [6.45, 7) is 1.59. The molecule has 0 aliphatic carbocycles. The molecule has 1 aromatic rings. The third-order valence-corrected chi connectivity index (χ3v) is 5.49. The van der Waals surface area contributed by atoms with Crippen LogP contribution in [0.15, 0.2) is 18.3 Å². The van der Waals surface area contributed by atoms with Crippen LogP contribution in [0.1, 0.15) is 31.5 Å². The van der Waals surface area contributed by atoms with Crippen LogP contribution >= 0.6 is 0 Å². The van der Waals surface area contributed by atoms with Gasteiger partial charge in [0.15, 0.2) is 5.25 Å². The van der Waals surface area contributed by atoms with Crippen LogP contribution in [0.2, 0.25) is 0 Å². The van der Waals surface area contributed by atoms with Crippen LogP contribution in [0.3, 0.4) is 0 Å². The lowest BCUT2D eigenvalue weighted by Crippen LogP contribution is -2.40. The van der Waals surface area contributed by atoms with Gasteiger partial charge in [-0.1, -0.05) is 0 Å². The molecule has 1 aromatic heterocycles. The van der Waals surface area contributed by atoms with Gasteiger partial charge in [0.25, 0.3) is 0 Å². The molecule has 2 rings (SSSR count). The molecule has 6 nitrogen and oxygen atoms in total. The Labute approximate surface area is 106 Å². The van der Waals surface area contributed by atoms with E-state index in [2.05, 4.69) is 4.98 Å². The van der Waals surface area contributed by atoms with Gasteiger partial charge in [-0.05, 0) is 31.9 Å². The van der Waals surface area contributed by atoms with E-state index < -0.39 is 21.2 Å². The summed E-state index contributed by atoms with van der Waals surface area (Å²) in [4.78, 5) is 13.9. The van der Waals surface area contributed by atoms with Crippen molar-refractivity contribution >= 4 is 16.0 Å². The highest BCUT2D eigenvalue weighted by molar-refractivity contribution is 7.90. The smallest absolute Gasteiger partial charge is 0.323 e. The number of rotatable bonds is 4. The number of aromatic amines is 1. The zero-order valence-electron chi connectivity index (χ0n) is 10.0. The van der Waals surface area contributed by atoms with E-state index in [1.54, 1.807) is 12.3 Å². The van der Waals surface area contributed by atoms with Crippen LogP contribution in [0.25, 0.3) is 0 Å². The number of nitrogens with zero attached hydrogens (tertiary/aromatic N) is 1. The predicted molar refractivity (Wildman–Crippen MR) is 65.5 cm³/mol. The molecule has 0 amide bonds. The van der Waals surface area contributed by atoms with Crippen molar-refractivity contribution in [1.82, 2.24) is 9.29 Å². The molecule has 1 aliphatic rings. The highest BCUT2D eigenvalue weighted by Gasteiger charge is 2.41.